The van der Waals surface area contributed by atoms with Gasteiger partial charge in [-0.3, -0.25) is 5.10 Å². The van der Waals surface area contributed by atoms with Crippen molar-refractivity contribution in [1.82, 2.24) is 15.2 Å². The van der Waals surface area contributed by atoms with Crippen molar-refractivity contribution >= 4 is 34.1 Å². The highest BCUT2D eigenvalue weighted by Crippen LogP contribution is 2.37. The first-order valence-electron chi connectivity index (χ1n) is 5.52. The molecule has 6 heteroatoms. The first-order chi connectivity index (χ1) is 9.20. The van der Waals surface area contributed by atoms with Gasteiger partial charge in [0.1, 0.15) is 10.7 Å². The third-order valence-corrected chi connectivity index (χ3v) is 3.36. The standard InChI is InChI=1S/C13H9Cl2N3O/c1-19-13-10(14)3-2-8-9(7-5-16-17-6-7)4-11(15)18-12(8)13/h2-6H,1H3,(H,16,17). The zero-order chi connectivity index (χ0) is 13.4. The summed E-state index contributed by atoms with van der Waals surface area (Å²) in [4.78, 5) is 4.30. The Bertz CT molecular complexity index is 741. The maximum Gasteiger partial charge on any atom is 0.163 e. The van der Waals surface area contributed by atoms with Crippen molar-refractivity contribution in [1.29, 1.82) is 0 Å². The van der Waals surface area contributed by atoms with E-state index in [0.29, 0.717) is 21.4 Å². The van der Waals surface area contributed by atoms with E-state index < -0.39 is 0 Å². The number of nitrogens with zero attached hydrogens (tertiary/aromatic N) is 2. The zero-order valence-electron chi connectivity index (χ0n) is 9.95. The minimum absolute atomic E-state index is 0.379. The van der Waals surface area contributed by atoms with E-state index in [4.69, 9.17) is 27.9 Å². The molecule has 4 nitrogen and oxygen atoms in total. The van der Waals surface area contributed by atoms with Gasteiger partial charge >= 0.3 is 0 Å². The third kappa shape index (κ3) is 2.03. The second kappa shape index (κ2) is 4.72. The molecule has 1 N–H and O–H groups in total. The molecule has 0 amide bonds. The molecule has 1 aromatic carbocycles. The van der Waals surface area contributed by atoms with Crippen LogP contribution < -0.4 is 4.74 Å². The van der Waals surface area contributed by atoms with Gasteiger partial charge in [-0.05, 0) is 17.7 Å². The minimum Gasteiger partial charge on any atom is -0.493 e. The number of aromatic nitrogens is 3. The Morgan fingerprint density at radius 2 is 2.11 bits per heavy atom. The van der Waals surface area contributed by atoms with Gasteiger partial charge in [0.15, 0.2) is 5.75 Å². The quantitative estimate of drug-likeness (QED) is 0.728. The molecule has 0 fully saturated rings. The fourth-order valence-corrected chi connectivity index (χ4v) is 2.47. The number of ether oxygens (including phenoxy) is 1. The van der Waals surface area contributed by atoms with Gasteiger partial charge in [0.2, 0.25) is 0 Å². The lowest BCUT2D eigenvalue weighted by Gasteiger charge is -2.10. The van der Waals surface area contributed by atoms with Crippen LogP contribution in [-0.4, -0.2) is 22.3 Å². The van der Waals surface area contributed by atoms with Crippen LogP contribution in [0.25, 0.3) is 22.0 Å². The highest BCUT2D eigenvalue weighted by Gasteiger charge is 2.14. The van der Waals surface area contributed by atoms with Crippen LogP contribution in [0.2, 0.25) is 10.2 Å². The Hall–Kier alpha value is -1.78. The van der Waals surface area contributed by atoms with Gasteiger partial charge in [-0.1, -0.05) is 29.3 Å². The lowest BCUT2D eigenvalue weighted by molar-refractivity contribution is 0.419. The number of benzene rings is 1. The molecule has 0 saturated heterocycles. The molecule has 0 aliphatic heterocycles. The van der Waals surface area contributed by atoms with Crippen LogP contribution in [0.4, 0.5) is 0 Å². The molecule has 19 heavy (non-hydrogen) atoms. The van der Waals surface area contributed by atoms with Gasteiger partial charge in [0.05, 0.1) is 18.3 Å². The van der Waals surface area contributed by atoms with Crippen molar-refractivity contribution in [3.8, 4) is 16.9 Å². The lowest BCUT2D eigenvalue weighted by atomic mass is 10.0. The summed E-state index contributed by atoms with van der Waals surface area (Å²) in [5.41, 5.74) is 2.50. The molecular formula is C13H9Cl2N3O. The van der Waals surface area contributed by atoms with Crippen molar-refractivity contribution in [3.63, 3.8) is 0 Å². The Morgan fingerprint density at radius 1 is 1.26 bits per heavy atom. The van der Waals surface area contributed by atoms with Crippen LogP contribution in [0, 0.1) is 0 Å². The number of nitrogens with one attached hydrogen (secondary N) is 1. The monoisotopic (exact) mass is 293 g/mol. The van der Waals surface area contributed by atoms with Crippen LogP contribution in [0.5, 0.6) is 5.75 Å². The Labute approximate surface area is 119 Å². The van der Waals surface area contributed by atoms with E-state index in [1.807, 2.05) is 6.07 Å². The number of H-pyrrole nitrogens is 1. The Kier molecular flexibility index (Phi) is 3.05. The average Bonchev–Trinajstić information content (AvgIpc) is 2.91. The Morgan fingerprint density at radius 3 is 2.79 bits per heavy atom. The van der Waals surface area contributed by atoms with Crippen LogP contribution >= 0.6 is 23.2 Å². The number of methoxy groups -OCH3 is 1. The minimum atomic E-state index is 0.379. The normalized spacial score (nSPS) is 10.9. The highest BCUT2D eigenvalue weighted by atomic mass is 35.5. The summed E-state index contributed by atoms with van der Waals surface area (Å²) in [6, 6.07) is 5.47. The molecule has 0 saturated carbocycles. The molecule has 96 valence electrons. The molecule has 3 rings (SSSR count). The molecule has 0 unspecified atom stereocenters. The summed E-state index contributed by atoms with van der Waals surface area (Å²) in [5.74, 6) is 0.520. The van der Waals surface area contributed by atoms with Crippen LogP contribution in [0.3, 0.4) is 0 Å². The molecule has 2 aromatic heterocycles. The number of fused-ring (bicyclic) bond motifs is 1. The number of pyridine rings is 1. The van der Waals surface area contributed by atoms with E-state index in [1.165, 1.54) is 0 Å². The van der Waals surface area contributed by atoms with Crippen LogP contribution in [-0.2, 0) is 0 Å². The van der Waals surface area contributed by atoms with Crippen molar-refractivity contribution in [2.24, 2.45) is 0 Å². The lowest BCUT2D eigenvalue weighted by Crippen LogP contribution is -1.91. The third-order valence-electron chi connectivity index (χ3n) is 2.87. The molecule has 0 bridgehead atoms. The van der Waals surface area contributed by atoms with E-state index in [2.05, 4.69) is 15.2 Å². The van der Waals surface area contributed by atoms with Crippen molar-refractivity contribution in [2.75, 3.05) is 7.11 Å². The van der Waals surface area contributed by atoms with Crippen molar-refractivity contribution in [3.05, 3.63) is 40.8 Å². The molecule has 0 atom stereocenters. The van der Waals surface area contributed by atoms with Crippen molar-refractivity contribution in [2.45, 2.75) is 0 Å². The smallest absolute Gasteiger partial charge is 0.163 e. The van der Waals surface area contributed by atoms with Crippen LogP contribution in [0.15, 0.2) is 30.6 Å². The number of halogens is 2. The summed E-state index contributed by atoms with van der Waals surface area (Å²) >= 11 is 12.2. The summed E-state index contributed by atoms with van der Waals surface area (Å²) in [7, 11) is 1.56. The number of hydrogen-bond donors (Lipinski definition) is 1. The molecule has 0 aliphatic carbocycles. The zero-order valence-corrected chi connectivity index (χ0v) is 11.5. The number of aromatic amines is 1. The van der Waals surface area contributed by atoms with Gasteiger partial charge < -0.3 is 4.74 Å². The van der Waals surface area contributed by atoms with Gasteiger partial charge in [0, 0.05) is 17.1 Å². The first kappa shape index (κ1) is 12.3. The summed E-state index contributed by atoms with van der Waals surface area (Å²) in [6.07, 6.45) is 3.53. The van der Waals surface area contributed by atoms with Gasteiger partial charge in [-0.15, -0.1) is 0 Å². The van der Waals surface area contributed by atoms with Crippen LogP contribution in [0.1, 0.15) is 0 Å². The molecule has 0 radical (unpaired) electrons. The SMILES string of the molecule is COc1c(Cl)ccc2c(-c3cn[nH]c3)cc(Cl)nc12. The maximum absolute atomic E-state index is 6.11. The van der Waals surface area contributed by atoms with Gasteiger partial charge in [-0.25, -0.2) is 4.98 Å². The molecule has 2 heterocycles. The highest BCUT2D eigenvalue weighted by molar-refractivity contribution is 6.34. The number of rotatable bonds is 2. The molecule has 3 aromatic rings. The molecule has 0 aliphatic rings. The fourth-order valence-electron chi connectivity index (χ4n) is 2.04. The summed E-state index contributed by atoms with van der Waals surface area (Å²) < 4.78 is 5.31. The van der Waals surface area contributed by atoms with E-state index in [0.717, 1.165) is 16.5 Å². The summed E-state index contributed by atoms with van der Waals surface area (Å²) in [5, 5.41) is 8.52. The van der Waals surface area contributed by atoms with Gasteiger partial charge in [-0.2, -0.15) is 5.10 Å². The second-order valence-electron chi connectivity index (χ2n) is 3.96. The molecule has 0 spiro atoms. The average molecular weight is 294 g/mol. The molecular weight excluding hydrogens is 285 g/mol. The predicted octanol–water partition coefficient (Wildman–Crippen LogP) is 3.94. The van der Waals surface area contributed by atoms with Crippen molar-refractivity contribution < 1.29 is 4.74 Å². The topological polar surface area (TPSA) is 50.8 Å². The summed E-state index contributed by atoms with van der Waals surface area (Å²) in [6.45, 7) is 0. The Balaban J connectivity index is 2.41. The fraction of sp³-hybridized carbons (Fsp3) is 0.0769. The number of hydrogen-bond acceptors (Lipinski definition) is 3. The maximum atomic E-state index is 6.11. The van der Waals surface area contributed by atoms with E-state index in [9.17, 15) is 0 Å². The second-order valence-corrected chi connectivity index (χ2v) is 4.75. The van der Waals surface area contributed by atoms with Gasteiger partial charge in [0.25, 0.3) is 0 Å². The van der Waals surface area contributed by atoms with E-state index in [1.54, 1.807) is 31.6 Å². The first-order valence-corrected chi connectivity index (χ1v) is 6.28. The largest absolute Gasteiger partial charge is 0.493 e. The van der Waals surface area contributed by atoms with E-state index in [-0.39, 0.29) is 0 Å². The predicted molar refractivity (Wildman–Crippen MR) is 75.9 cm³/mol. The van der Waals surface area contributed by atoms with E-state index >= 15 is 0 Å².